The van der Waals surface area contributed by atoms with Crippen molar-refractivity contribution in [3.05, 3.63) is 32.1 Å². The van der Waals surface area contributed by atoms with Crippen molar-refractivity contribution in [1.29, 1.82) is 0 Å². The Balaban J connectivity index is 2.09. The third-order valence-corrected chi connectivity index (χ3v) is 5.03. The largest absolute Gasteiger partial charge is 0.396 e. The highest BCUT2D eigenvalue weighted by Crippen LogP contribution is 2.25. The molecule has 1 aliphatic heterocycles. The number of aliphatic hydroxyl groups is 1. The van der Waals surface area contributed by atoms with Gasteiger partial charge in [-0.2, -0.15) is 0 Å². The number of aromatic nitrogens is 2. The molecule has 25 heavy (non-hydrogen) atoms. The van der Waals surface area contributed by atoms with Gasteiger partial charge in [-0.25, -0.2) is 4.79 Å². The molecule has 1 aliphatic rings. The van der Waals surface area contributed by atoms with E-state index in [1.807, 2.05) is 14.1 Å². The summed E-state index contributed by atoms with van der Waals surface area (Å²) >= 11 is 0. The van der Waals surface area contributed by atoms with Gasteiger partial charge in [0.25, 0.3) is 5.56 Å². The van der Waals surface area contributed by atoms with E-state index in [1.165, 1.54) is 0 Å². The summed E-state index contributed by atoms with van der Waals surface area (Å²) in [4.78, 5) is 44.6. The number of likely N-dealkylation sites (tertiary alicyclic amines) is 1. The quantitative estimate of drug-likeness (QED) is 0.637. The number of aliphatic hydroxyl groups excluding tert-OH is 1. The van der Waals surface area contributed by atoms with Gasteiger partial charge in [0.1, 0.15) is 0 Å². The summed E-state index contributed by atoms with van der Waals surface area (Å²) in [5.74, 6) is 0.196. The Hall–Kier alpha value is -1.93. The molecule has 0 saturated carbocycles. The SMILES string of the molecule is Cc1[nH]c(=O)[nH]c(=O)c1CC(=O)N1CC[C@@H](N(C)C)[C@@H](CCCO)C1. The molecule has 140 valence electrons. The maximum atomic E-state index is 12.7. The van der Waals surface area contributed by atoms with E-state index in [4.69, 9.17) is 5.11 Å². The van der Waals surface area contributed by atoms with Crippen molar-refractivity contribution in [2.75, 3.05) is 33.8 Å². The van der Waals surface area contributed by atoms with Crippen LogP contribution in [-0.2, 0) is 11.2 Å². The number of carbonyl (C=O) groups excluding carboxylic acids is 1. The van der Waals surface area contributed by atoms with Crippen molar-refractivity contribution in [2.24, 2.45) is 5.92 Å². The van der Waals surface area contributed by atoms with Crippen molar-refractivity contribution in [2.45, 2.75) is 38.6 Å². The number of carbonyl (C=O) groups is 1. The van der Waals surface area contributed by atoms with Crippen LogP contribution in [0.1, 0.15) is 30.5 Å². The first-order valence-corrected chi connectivity index (χ1v) is 8.70. The van der Waals surface area contributed by atoms with Crippen LogP contribution in [0.4, 0.5) is 0 Å². The zero-order valence-electron chi connectivity index (χ0n) is 15.2. The lowest BCUT2D eigenvalue weighted by Gasteiger charge is -2.41. The minimum Gasteiger partial charge on any atom is -0.396 e. The summed E-state index contributed by atoms with van der Waals surface area (Å²) in [6.07, 6.45) is 2.43. The lowest BCUT2D eigenvalue weighted by atomic mass is 9.87. The van der Waals surface area contributed by atoms with Crippen molar-refractivity contribution >= 4 is 5.91 Å². The predicted octanol–water partition coefficient (Wildman–Crippen LogP) is -0.535. The van der Waals surface area contributed by atoms with Gasteiger partial charge in [-0.1, -0.05) is 0 Å². The van der Waals surface area contributed by atoms with Gasteiger partial charge < -0.3 is 19.9 Å². The molecule has 0 aliphatic carbocycles. The van der Waals surface area contributed by atoms with Gasteiger partial charge in [0.05, 0.1) is 6.42 Å². The molecule has 0 radical (unpaired) electrons. The summed E-state index contributed by atoms with van der Waals surface area (Å²) in [5, 5.41) is 9.11. The molecule has 1 amide bonds. The molecule has 2 rings (SSSR count). The van der Waals surface area contributed by atoms with Crippen molar-refractivity contribution in [3.63, 3.8) is 0 Å². The molecule has 1 saturated heterocycles. The summed E-state index contributed by atoms with van der Waals surface area (Å²) in [6.45, 7) is 3.05. The van der Waals surface area contributed by atoms with E-state index in [0.29, 0.717) is 36.3 Å². The molecule has 0 aromatic carbocycles. The molecular weight excluding hydrogens is 324 g/mol. The molecule has 0 bridgehead atoms. The first-order valence-electron chi connectivity index (χ1n) is 8.70. The van der Waals surface area contributed by atoms with Gasteiger partial charge in [0.2, 0.25) is 5.91 Å². The number of aryl methyl sites for hydroxylation is 1. The van der Waals surface area contributed by atoms with Crippen LogP contribution >= 0.6 is 0 Å². The predicted molar refractivity (Wildman–Crippen MR) is 94.6 cm³/mol. The second-order valence-electron chi connectivity index (χ2n) is 6.97. The van der Waals surface area contributed by atoms with Gasteiger partial charge in [-0.05, 0) is 46.2 Å². The highest BCUT2D eigenvalue weighted by atomic mass is 16.3. The standard InChI is InChI=1S/C17H28N4O4/c1-11-13(16(24)19-17(25)18-11)9-15(23)21-7-6-14(20(2)3)12(10-21)5-4-8-22/h12,14,22H,4-10H2,1-3H3,(H2,18,19,24,25)/t12-,14+/m0/s1. The van der Waals surface area contributed by atoms with Crippen LogP contribution in [-0.4, -0.2) is 70.6 Å². The van der Waals surface area contributed by atoms with E-state index in [2.05, 4.69) is 14.9 Å². The maximum absolute atomic E-state index is 12.7. The van der Waals surface area contributed by atoms with Crippen molar-refractivity contribution in [3.8, 4) is 0 Å². The van der Waals surface area contributed by atoms with E-state index in [0.717, 1.165) is 19.3 Å². The zero-order chi connectivity index (χ0) is 18.6. The third-order valence-electron chi connectivity index (χ3n) is 5.03. The first kappa shape index (κ1) is 19.4. The lowest BCUT2D eigenvalue weighted by molar-refractivity contribution is -0.133. The van der Waals surface area contributed by atoms with Crippen LogP contribution in [0.3, 0.4) is 0 Å². The normalized spacial score (nSPS) is 20.9. The number of hydrogen-bond donors (Lipinski definition) is 3. The van der Waals surface area contributed by atoms with Crippen LogP contribution in [0.25, 0.3) is 0 Å². The summed E-state index contributed by atoms with van der Waals surface area (Å²) in [6, 6.07) is 0.383. The molecule has 2 heterocycles. The number of amides is 1. The monoisotopic (exact) mass is 352 g/mol. The molecule has 8 nitrogen and oxygen atoms in total. The zero-order valence-corrected chi connectivity index (χ0v) is 15.2. The number of aromatic amines is 2. The number of piperidine rings is 1. The van der Waals surface area contributed by atoms with Gasteiger partial charge in [0.15, 0.2) is 0 Å². The molecule has 1 fully saturated rings. The maximum Gasteiger partial charge on any atom is 0.325 e. The fourth-order valence-electron chi connectivity index (χ4n) is 3.67. The van der Waals surface area contributed by atoms with Crippen LogP contribution in [0.5, 0.6) is 0 Å². The minimum absolute atomic E-state index is 0.0166. The van der Waals surface area contributed by atoms with Gasteiger partial charge in [0, 0.05) is 37.0 Å². The number of nitrogens with one attached hydrogen (secondary N) is 2. The Morgan fingerprint density at radius 3 is 2.64 bits per heavy atom. The fraction of sp³-hybridized carbons (Fsp3) is 0.706. The highest BCUT2D eigenvalue weighted by molar-refractivity contribution is 5.79. The molecule has 1 aromatic heterocycles. The Bertz CT molecular complexity index is 709. The van der Waals surface area contributed by atoms with E-state index in [-0.39, 0.29) is 18.9 Å². The highest BCUT2D eigenvalue weighted by Gasteiger charge is 2.32. The molecule has 8 heteroatoms. The smallest absolute Gasteiger partial charge is 0.325 e. The average Bonchev–Trinajstić information content (AvgIpc) is 2.55. The van der Waals surface area contributed by atoms with E-state index < -0.39 is 11.2 Å². The van der Waals surface area contributed by atoms with Crippen molar-refractivity contribution in [1.82, 2.24) is 19.8 Å². The van der Waals surface area contributed by atoms with Crippen LogP contribution in [0, 0.1) is 12.8 Å². The van der Waals surface area contributed by atoms with Crippen LogP contribution < -0.4 is 11.2 Å². The second kappa shape index (κ2) is 8.44. The van der Waals surface area contributed by atoms with E-state index >= 15 is 0 Å². The van der Waals surface area contributed by atoms with Crippen LogP contribution in [0.2, 0.25) is 0 Å². The Labute approximate surface area is 146 Å². The summed E-state index contributed by atoms with van der Waals surface area (Å²) in [5.41, 5.74) is -0.322. The number of hydrogen-bond acceptors (Lipinski definition) is 5. The van der Waals surface area contributed by atoms with Crippen molar-refractivity contribution < 1.29 is 9.90 Å². The topological polar surface area (TPSA) is 109 Å². The Morgan fingerprint density at radius 1 is 1.32 bits per heavy atom. The molecule has 0 unspecified atom stereocenters. The van der Waals surface area contributed by atoms with E-state index in [1.54, 1.807) is 11.8 Å². The lowest BCUT2D eigenvalue weighted by Crippen LogP contribution is -2.51. The fourth-order valence-corrected chi connectivity index (χ4v) is 3.67. The van der Waals surface area contributed by atoms with Gasteiger partial charge in [-0.3, -0.25) is 14.6 Å². The Kier molecular flexibility index (Phi) is 6.55. The number of nitrogens with zero attached hydrogens (tertiary/aromatic N) is 2. The van der Waals surface area contributed by atoms with Gasteiger partial charge in [-0.15, -0.1) is 0 Å². The third kappa shape index (κ3) is 4.79. The first-order chi connectivity index (χ1) is 11.8. The number of H-pyrrole nitrogens is 2. The molecule has 2 atom stereocenters. The van der Waals surface area contributed by atoms with Gasteiger partial charge >= 0.3 is 5.69 Å². The van der Waals surface area contributed by atoms with Crippen LogP contribution in [0.15, 0.2) is 9.59 Å². The summed E-state index contributed by atoms with van der Waals surface area (Å²) < 4.78 is 0. The molecular formula is C17H28N4O4. The number of rotatable bonds is 6. The molecule has 3 N–H and O–H groups in total. The second-order valence-corrected chi connectivity index (χ2v) is 6.97. The Morgan fingerprint density at radius 2 is 2.04 bits per heavy atom. The average molecular weight is 352 g/mol. The molecule has 1 aromatic rings. The molecule has 0 spiro atoms. The minimum atomic E-state index is -0.561. The van der Waals surface area contributed by atoms with E-state index in [9.17, 15) is 14.4 Å². The summed E-state index contributed by atoms with van der Waals surface area (Å²) in [7, 11) is 4.08.